The quantitative estimate of drug-likeness (QED) is 0.803. The Morgan fingerprint density at radius 3 is 2.82 bits per heavy atom. The number of esters is 1. The molecule has 118 valence electrons. The second kappa shape index (κ2) is 6.11. The number of fused-ring (bicyclic) bond motifs is 1. The number of hydrogen-bond donors (Lipinski definition) is 0. The van der Waals surface area contributed by atoms with Crippen molar-refractivity contribution in [2.24, 2.45) is 0 Å². The van der Waals surface area contributed by atoms with E-state index in [-0.39, 0.29) is 17.9 Å². The van der Waals surface area contributed by atoms with Crippen LogP contribution in [0.4, 0.5) is 0 Å². The molecule has 0 aromatic heterocycles. The number of ether oxygens (including phenoxy) is 1. The molecule has 4 heteroatoms. The molecule has 1 aromatic carbocycles. The Bertz CT molecular complexity index is 557. The molecule has 0 spiro atoms. The van der Waals surface area contributed by atoms with Crippen LogP contribution in [0, 0.1) is 0 Å². The minimum absolute atomic E-state index is 0.105. The standard InChI is InChI=1S/C18H23NO3/c1-2-22-17(21)18-11-6-9-15(19(18)16(20)10-12-18)13-14-7-4-3-5-8-14/h3-5,7-8,15H,2,6,9-13H2,1H3/t15?,18-/m1/s1. The fraction of sp³-hybridized carbons (Fsp3) is 0.556. The molecule has 1 aromatic rings. The van der Waals surface area contributed by atoms with Gasteiger partial charge in [0.05, 0.1) is 6.61 Å². The van der Waals surface area contributed by atoms with Gasteiger partial charge in [-0.1, -0.05) is 30.3 Å². The summed E-state index contributed by atoms with van der Waals surface area (Å²) >= 11 is 0. The number of hydrogen-bond acceptors (Lipinski definition) is 3. The Morgan fingerprint density at radius 1 is 1.32 bits per heavy atom. The van der Waals surface area contributed by atoms with E-state index in [1.165, 1.54) is 5.56 Å². The van der Waals surface area contributed by atoms with Gasteiger partial charge in [0.2, 0.25) is 5.91 Å². The first-order chi connectivity index (χ1) is 10.7. The average molecular weight is 301 g/mol. The van der Waals surface area contributed by atoms with E-state index in [9.17, 15) is 9.59 Å². The summed E-state index contributed by atoms with van der Waals surface area (Å²) in [5.74, 6) is -0.104. The summed E-state index contributed by atoms with van der Waals surface area (Å²) in [5, 5.41) is 0. The maximum atomic E-state index is 12.5. The molecule has 2 heterocycles. The first-order valence-electron chi connectivity index (χ1n) is 8.20. The number of amides is 1. The summed E-state index contributed by atoms with van der Waals surface area (Å²) in [4.78, 5) is 26.8. The van der Waals surface area contributed by atoms with E-state index in [0.717, 1.165) is 25.7 Å². The van der Waals surface area contributed by atoms with Gasteiger partial charge in [-0.2, -0.15) is 0 Å². The molecule has 1 amide bonds. The van der Waals surface area contributed by atoms with Crippen molar-refractivity contribution in [3.05, 3.63) is 35.9 Å². The molecule has 0 bridgehead atoms. The van der Waals surface area contributed by atoms with Gasteiger partial charge in [0.15, 0.2) is 0 Å². The molecule has 1 unspecified atom stereocenters. The largest absolute Gasteiger partial charge is 0.464 e. The summed E-state index contributed by atoms with van der Waals surface area (Å²) < 4.78 is 5.30. The molecule has 2 aliphatic heterocycles. The fourth-order valence-corrected chi connectivity index (χ4v) is 4.00. The topological polar surface area (TPSA) is 46.6 Å². The molecule has 0 radical (unpaired) electrons. The third-order valence-electron chi connectivity index (χ3n) is 4.94. The zero-order valence-corrected chi connectivity index (χ0v) is 13.1. The van der Waals surface area contributed by atoms with Crippen molar-refractivity contribution in [3.63, 3.8) is 0 Å². The lowest BCUT2D eigenvalue weighted by Crippen LogP contribution is -2.59. The molecule has 4 nitrogen and oxygen atoms in total. The van der Waals surface area contributed by atoms with Crippen LogP contribution in [0.15, 0.2) is 30.3 Å². The van der Waals surface area contributed by atoms with E-state index >= 15 is 0 Å². The number of carbonyl (C=O) groups is 2. The van der Waals surface area contributed by atoms with E-state index in [4.69, 9.17) is 4.74 Å². The van der Waals surface area contributed by atoms with E-state index in [1.54, 1.807) is 0 Å². The van der Waals surface area contributed by atoms with Crippen LogP contribution in [0.5, 0.6) is 0 Å². The van der Waals surface area contributed by atoms with Gasteiger partial charge in [0, 0.05) is 12.5 Å². The van der Waals surface area contributed by atoms with Gasteiger partial charge in [-0.3, -0.25) is 4.79 Å². The smallest absolute Gasteiger partial charge is 0.332 e. The van der Waals surface area contributed by atoms with E-state index < -0.39 is 5.54 Å². The van der Waals surface area contributed by atoms with Crippen molar-refractivity contribution >= 4 is 11.9 Å². The van der Waals surface area contributed by atoms with Gasteiger partial charge >= 0.3 is 5.97 Å². The van der Waals surface area contributed by atoms with Gasteiger partial charge in [-0.25, -0.2) is 4.79 Å². The second-order valence-electron chi connectivity index (χ2n) is 6.25. The Labute approximate surface area is 131 Å². The lowest BCUT2D eigenvalue weighted by molar-refractivity contribution is -0.165. The van der Waals surface area contributed by atoms with Crippen molar-refractivity contribution < 1.29 is 14.3 Å². The maximum Gasteiger partial charge on any atom is 0.332 e. The number of benzene rings is 1. The lowest BCUT2D eigenvalue weighted by atomic mass is 9.82. The van der Waals surface area contributed by atoms with Crippen LogP contribution < -0.4 is 0 Å². The molecule has 2 atom stereocenters. The zero-order valence-electron chi connectivity index (χ0n) is 13.1. The van der Waals surface area contributed by atoms with Crippen LogP contribution >= 0.6 is 0 Å². The minimum Gasteiger partial charge on any atom is -0.464 e. The molecule has 3 rings (SSSR count). The normalized spacial score (nSPS) is 27.6. The summed E-state index contributed by atoms with van der Waals surface area (Å²) in [7, 11) is 0. The summed E-state index contributed by atoms with van der Waals surface area (Å²) in [5.41, 5.74) is 0.511. The highest BCUT2D eigenvalue weighted by Gasteiger charge is 2.55. The third-order valence-corrected chi connectivity index (χ3v) is 4.94. The Balaban J connectivity index is 1.86. The molecular formula is C18H23NO3. The molecule has 0 aliphatic carbocycles. The zero-order chi connectivity index (χ0) is 15.6. The van der Waals surface area contributed by atoms with Crippen LogP contribution in [-0.2, 0) is 20.7 Å². The molecule has 2 aliphatic rings. The van der Waals surface area contributed by atoms with Crippen molar-refractivity contribution in [3.8, 4) is 0 Å². The summed E-state index contributed by atoms with van der Waals surface area (Å²) in [6, 6.07) is 10.3. The SMILES string of the molecule is CCOC(=O)[C@]12CCCC(Cc3ccccc3)N1C(=O)CC2. The summed E-state index contributed by atoms with van der Waals surface area (Å²) in [6.45, 7) is 2.19. The van der Waals surface area contributed by atoms with Crippen molar-refractivity contribution in [1.82, 2.24) is 4.90 Å². The molecule has 2 saturated heterocycles. The van der Waals surface area contributed by atoms with E-state index in [1.807, 2.05) is 30.0 Å². The van der Waals surface area contributed by atoms with Crippen LogP contribution in [0.1, 0.15) is 44.6 Å². The van der Waals surface area contributed by atoms with Crippen LogP contribution in [-0.4, -0.2) is 35.0 Å². The van der Waals surface area contributed by atoms with E-state index in [2.05, 4.69) is 12.1 Å². The molecular weight excluding hydrogens is 278 g/mol. The highest BCUT2D eigenvalue weighted by atomic mass is 16.5. The average Bonchev–Trinajstić information content (AvgIpc) is 2.88. The third kappa shape index (κ3) is 2.51. The Hall–Kier alpha value is -1.84. The van der Waals surface area contributed by atoms with Crippen LogP contribution in [0.2, 0.25) is 0 Å². The Kier molecular flexibility index (Phi) is 4.19. The first-order valence-corrected chi connectivity index (χ1v) is 8.20. The highest BCUT2D eigenvalue weighted by Crippen LogP contribution is 2.43. The maximum absolute atomic E-state index is 12.5. The molecule has 0 saturated carbocycles. The lowest BCUT2D eigenvalue weighted by Gasteiger charge is -2.45. The van der Waals surface area contributed by atoms with E-state index in [0.29, 0.717) is 19.4 Å². The van der Waals surface area contributed by atoms with Crippen molar-refractivity contribution in [2.75, 3.05) is 6.61 Å². The van der Waals surface area contributed by atoms with Crippen molar-refractivity contribution in [2.45, 2.75) is 57.0 Å². The Morgan fingerprint density at radius 2 is 2.09 bits per heavy atom. The number of nitrogens with zero attached hydrogens (tertiary/aromatic N) is 1. The number of carbonyl (C=O) groups excluding carboxylic acids is 2. The summed E-state index contributed by atoms with van der Waals surface area (Å²) in [6.07, 6.45) is 4.55. The van der Waals surface area contributed by atoms with Crippen LogP contribution in [0.25, 0.3) is 0 Å². The number of rotatable bonds is 4. The second-order valence-corrected chi connectivity index (χ2v) is 6.25. The first kappa shape index (κ1) is 15.1. The number of piperidine rings is 1. The minimum atomic E-state index is -0.704. The van der Waals surface area contributed by atoms with Gasteiger partial charge in [-0.05, 0) is 44.6 Å². The highest BCUT2D eigenvalue weighted by molar-refractivity contribution is 5.92. The van der Waals surface area contributed by atoms with Crippen molar-refractivity contribution in [1.29, 1.82) is 0 Å². The van der Waals surface area contributed by atoms with Gasteiger partial charge < -0.3 is 9.64 Å². The fourth-order valence-electron chi connectivity index (χ4n) is 4.00. The monoisotopic (exact) mass is 301 g/mol. The predicted octanol–water partition coefficient (Wildman–Crippen LogP) is 2.71. The van der Waals surface area contributed by atoms with Gasteiger partial charge in [0.25, 0.3) is 0 Å². The predicted molar refractivity (Wildman–Crippen MR) is 83.2 cm³/mol. The molecule has 2 fully saturated rings. The van der Waals surface area contributed by atoms with Gasteiger partial charge in [0.1, 0.15) is 5.54 Å². The molecule has 0 N–H and O–H groups in total. The molecule has 22 heavy (non-hydrogen) atoms. The van der Waals surface area contributed by atoms with Crippen LogP contribution in [0.3, 0.4) is 0 Å². The van der Waals surface area contributed by atoms with Gasteiger partial charge in [-0.15, -0.1) is 0 Å².